The highest BCUT2D eigenvalue weighted by molar-refractivity contribution is 5.87. The van der Waals surface area contributed by atoms with Gasteiger partial charge in [0, 0.05) is 13.0 Å². The Bertz CT molecular complexity index is 1410. The summed E-state index contributed by atoms with van der Waals surface area (Å²) in [6.07, 6.45) is -12.7. The molecule has 0 amide bonds. The maximum atomic E-state index is 13.0. The third kappa shape index (κ3) is 8.88. The van der Waals surface area contributed by atoms with Gasteiger partial charge in [0.25, 0.3) is 0 Å². The van der Waals surface area contributed by atoms with Gasteiger partial charge in [-0.05, 0) is 54.8 Å². The molecule has 10 atom stereocenters. The van der Waals surface area contributed by atoms with E-state index in [1.165, 1.54) is 49.4 Å². The number of hydrogen-bond acceptors (Lipinski definition) is 16. The van der Waals surface area contributed by atoms with Gasteiger partial charge >= 0.3 is 11.9 Å². The number of phenolic OH excluding ortho intramolecular Hbond substituents is 4. The Morgan fingerprint density at radius 3 is 2.13 bits per heavy atom. The fourth-order valence-corrected chi connectivity index (χ4v) is 5.05. The minimum atomic E-state index is -1.81. The normalized spacial score (nSPS) is 31.0. The first-order chi connectivity index (χ1) is 22.3. The van der Waals surface area contributed by atoms with Crippen molar-refractivity contribution in [1.29, 1.82) is 0 Å². The summed E-state index contributed by atoms with van der Waals surface area (Å²) < 4.78 is 34.4. The lowest BCUT2D eigenvalue weighted by molar-refractivity contribution is -0.358. The first-order valence-electron chi connectivity index (χ1n) is 14.6. The van der Waals surface area contributed by atoms with Crippen LogP contribution in [0.2, 0.25) is 0 Å². The van der Waals surface area contributed by atoms with E-state index < -0.39 is 85.7 Å². The number of ether oxygens (including phenoxy) is 6. The zero-order chi connectivity index (χ0) is 34.4. The first-order valence-corrected chi connectivity index (χ1v) is 14.6. The highest BCUT2D eigenvalue weighted by Gasteiger charge is 2.54. The molecule has 16 nitrogen and oxygen atoms in total. The Morgan fingerprint density at radius 2 is 1.49 bits per heavy atom. The minimum Gasteiger partial charge on any atom is -0.504 e. The summed E-state index contributed by atoms with van der Waals surface area (Å²) in [4.78, 5) is 25.3. The van der Waals surface area contributed by atoms with Gasteiger partial charge in [0.1, 0.15) is 30.5 Å². The van der Waals surface area contributed by atoms with Crippen LogP contribution in [0.15, 0.2) is 42.5 Å². The van der Waals surface area contributed by atoms with E-state index in [4.69, 9.17) is 28.4 Å². The monoisotopic (exact) mass is 666 g/mol. The van der Waals surface area contributed by atoms with Gasteiger partial charge in [-0.15, -0.1) is 0 Å². The molecule has 2 saturated heterocycles. The van der Waals surface area contributed by atoms with E-state index in [1.807, 2.05) is 0 Å². The number of benzene rings is 2. The third-order valence-corrected chi connectivity index (χ3v) is 7.55. The Labute approximate surface area is 268 Å². The molecule has 258 valence electrons. The topological polar surface area (TPSA) is 251 Å². The second-order valence-corrected chi connectivity index (χ2v) is 11.0. The summed E-state index contributed by atoms with van der Waals surface area (Å²) in [6.45, 7) is 1.62. The summed E-state index contributed by atoms with van der Waals surface area (Å²) in [5.74, 6) is -3.31. The van der Waals surface area contributed by atoms with Crippen LogP contribution in [-0.2, 0) is 44.4 Å². The van der Waals surface area contributed by atoms with Crippen molar-refractivity contribution < 1.29 is 78.9 Å². The quantitative estimate of drug-likeness (QED) is 0.0859. The standard InChI is InChI=1S/C31H38O16/c1-14-24(39)25(40)26(41)30(43-14)47-28-27(46-23(38)8-5-16-3-6-18(34)20(36)11-16)22(13-32)45-31(29(28)44-15(2)33)42-10-9-17-4-7-19(35)21(37)12-17/h3-8,11-12,14,22,24-32,34-37,39-41H,9-10,13H2,1-2H3/b8-5+/t14-,22?,24-,25+,26+,27+,28?,29+,30?,31+/m0/s1. The molecule has 2 aromatic rings. The lowest BCUT2D eigenvalue weighted by atomic mass is 9.96. The number of rotatable bonds is 11. The van der Waals surface area contributed by atoms with E-state index in [9.17, 15) is 50.4 Å². The van der Waals surface area contributed by atoms with Crippen molar-refractivity contribution in [1.82, 2.24) is 0 Å². The summed E-state index contributed by atoms with van der Waals surface area (Å²) in [6, 6.07) is 7.94. The van der Waals surface area contributed by atoms with Crippen LogP contribution in [0.25, 0.3) is 6.08 Å². The summed E-state index contributed by atoms with van der Waals surface area (Å²) in [5.41, 5.74) is 0.879. The van der Waals surface area contributed by atoms with Gasteiger partial charge in [-0.25, -0.2) is 4.79 Å². The zero-order valence-electron chi connectivity index (χ0n) is 25.4. The van der Waals surface area contributed by atoms with Gasteiger partial charge < -0.3 is 69.3 Å². The van der Waals surface area contributed by atoms with Gasteiger partial charge in [-0.3, -0.25) is 4.79 Å². The molecule has 0 bridgehead atoms. The summed E-state index contributed by atoms with van der Waals surface area (Å²) in [5, 5.41) is 80.1. The number of carbonyl (C=O) groups is 2. The number of phenols is 4. The highest BCUT2D eigenvalue weighted by atomic mass is 16.8. The van der Waals surface area contributed by atoms with Crippen LogP contribution in [0.5, 0.6) is 23.0 Å². The van der Waals surface area contributed by atoms with E-state index in [0.29, 0.717) is 11.1 Å². The lowest BCUT2D eigenvalue weighted by Gasteiger charge is -2.47. The largest absolute Gasteiger partial charge is 0.504 e. The number of aliphatic hydroxyl groups is 4. The number of carbonyl (C=O) groups excluding carboxylic acids is 2. The van der Waals surface area contributed by atoms with Crippen molar-refractivity contribution in [3.63, 3.8) is 0 Å². The van der Waals surface area contributed by atoms with Crippen LogP contribution in [-0.4, -0.2) is 127 Å². The maximum Gasteiger partial charge on any atom is 0.331 e. The van der Waals surface area contributed by atoms with Gasteiger partial charge in [-0.1, -0.05) is 12.1 Å². The van der Waals surface area contributed by atoms with Crippen molar-refractivity contribution >= 4 is 18.0 Å². The van der Waals surface area contributed by atoms with Crippen molar-refractivity contribution in [2.45, 2.75) is 81.7 Å². The SMILES string of the molecule is CC(=O)O[C@@H]1C(OC2O[C@@H](C)[C@H](O)[C@@H](O)[C@H]2O)[C@H](OC(=O)/C=C/c2ccc(O)c(O)c2)C(CO)O[C@H]1OCCc1ccc(O)c(O)c1. The maximum absolute atomic E-state index is 13.0. The summed E-state index contributed by atoms with van der Waals surface area (Å²) >= 11 is 0. The lowest BCUT2D eigenvalue weighted by Crippen LogP contribution is -2.65. The predicted octanol–water partition coefficient (Wildman–Crippen LogP) is -0.445. The Morgan fingerprint density at radius 1 is 0.809 bits per heavy atom. The number of hydrogen-bond donors (Lipinski definition) is 8. The van der Waals surface area contributed by atoms with E-state index >= 15 is 0 Å². The van der Waals surface area contributed by atoms with E-state index in [1.54, 1.807) is 0 Å². The molecule has 4 rings (SSSR count). The molecule has 0 aliphatic carbocycles. The molecule has 3 unspecified atom stereocenters. The summed E-state index contributed by atoms with van der Waals surface area (Å²) in [7, 11) is 0. The number of esters is 2. The zero-order valence-corrected chi connectivity index (χ0v) is 25.4. The second kappa shape index (κ2) is 15.7. The van der Waals surface area contributed by atoms with Crippen LogP contribution in [0.3, 0.4) is 0 Å². The van der Waals surface area contributed by atoms with E-state index in [-0.39, 0.29) is 30.3 Å². The molecular formula is C31H38O16. The minimum absolute atomic E-state index is 0.103. The fourth-order valence-electron chi connectivity index (χ4n) is 5.05. The molecule has 47 heavy (non-hydrogen) atoms. The van der Waals surface area contributed by atoms with Crippen molar-refractivity contribution in [2.24, 2.45) is 0 Å². The molecule has 16 heteroatoms. The molecule has 2 aliphatic rings. The molecule has 0 radical (unpaired) electrons. The van der Waals surface area contributed by atoms with Crippen LogP contribution in [0.4, 0.5) is 0 Å². The van der Waals surface area contributed by atoms with Crippen LogP contribution in [0.1, 0.15) is 25.0 Å². The van der Waals surface area contributed by atoms with Gasteiger partial charge in [0.15, 0.2) is 47.8 Å². The average Bonchev–Trinajstić information content (AvgIpc) is 3.03. The van der Waals surface area contributed by atoms with Crippen molar-refractivity contribution in [2.75, 3.05) is 13.2 Å². The molecule has 2 heterocycles. The fraction of sp³-hybridized carbons (Fsp3) is 0.484. The molecule has 0 spiro atoms. The smallest absolute Gasteiger partial charge is 0.331 e. The van der Waals surface area contributed by atoms with Crippen LogP contribution >= 0.6 is 0 Å². The first kappa shape index (κ1) is 35.8. The molecule has 2 aromatic carbocycles. The van der Waals surface area contributed by atoms with E-state index in [2.05, 4.69) is 0 Å². The third-order valence-electron chi connectivity index (χ3n) is 7.55. The number of aromatic hydroxyl groups is 4. The van der Waals surface area contributed by atoms with Gasteiger partial charge in [0.05, 0.1) is 19.3 Å². The molecule has 2 fully saturated rings. The van der Waals surface area contributed by atoms with Crippen LogP contribution in [0, 0.1) is 0 Å². The Kier molecular flexibility index (Phi) is 12.0. The van der Waals surface area contributed by atoms with Crippen molar-refractivity contribution in [3.8, 4) is 23.0 Å². The predicted molar refractivity (Wildman–Crippen MR) is 157 cm³/mol. The Hall–Kier alpha value is -4.00. The van der Waals surface area contributed by atoms with E-state index in [0.717, 1.165) is 13.0 Å². The average molecular weight is 667 g/mol. The van der Waals surface area contributed by atoms with Crippen molar-refractivity contribution in [3.05, 3.63) is 53.6 Å². The molecular weight excluding hydrogens is 628 g/mol. The number of aliphatic hydroxyl groups excluding tert-OH is 4. The molecule has 0 aromatic heterocycles. The van der Waals surface area contributed by atoms with Crippen LogP contribution < -0.4 is 0 Å². The molecule has 2 aliphatic heterocycles. The van der Waals surface area contributed by atoms with Gasteiger partial charge in [-0.2, -0.15) is 0 Å². The van der Waals surface area contributed by atoms with Gasteiger partial charge in [0.2, 0.25) is 0 Å². The highest BCUT2D eigenvalue weighted by Crippen LogP contribution is 2.33. The Balaban J connectivity index is 1.61. The molecule has 0 saturated carbocycles. The molecule has 8 N–H and O–H groups in total. The second-order valence-electron chi connectivity index (χ2n) is 11.0.